The molecule has 1 aliphatic rings. The minimum atomic E-state index is -3.79. The zero-order valence-electron chi connectivity index (χ0n) is 17.9. The molecule has 0 fully saturated rings. The van der Waals surface area contributed by atoms with Crippen molar-refractivity contribution in [2.75, 3.05) is 0 Å². The number of sulfonamides is 1. The third kappa shape index (κ3) is 4.57. The number of carbonyl (C=O) groups is 1. The van der Waals surface area contributed by atoms with E-state index in [0.717, 1.165) is 17.7 Å². The number of nitrogens with one attached hydrogen (secondary N) is 2. The maximum Gasteiger partial charge on any atom is 0.287 e. The topological polar surface area (TPSA) is 114 Å². The van der Waals surface area contributed by atoms with Crippen LogP contribution in [0.3, 0.4) is 0 Å². The molecule has 2 aromatic heterocycles. The molecule has 2 heterocycles. The number of pyridine rings is 1. The molecular weight excluding hydrogens is 428 g/mol. The number of aromatic nitrogens is 1. The first-order chi connectivity index (χ1) is 15.3. The Morgan fingerprint density at radius 1 is 1.12 bits per heavy atom. The van der Waals surface area contributed by atoms with Crippen LogP contribution in [0, 0.1) is 13.8 Å². The van der Waals surface area contributed by atoms with E-state index in [9.17, 15) is 13.2 Å². The third-order valence-electron chi connectivity index (χ3n) is 5.32. The summed E-state index contributed by atoms with van der Waals surface area (Å²) in [5, 5.41) is 7.01. The summed E-state index contributed by atoms with van der Waals surface area (Å²) in [7, 11) is -3.79. The van der Waals surface area contributed by atoms with Gasteiger partial charge in [-0.3, -0.25) is 9.78 Å². The number of nitrogens with zero attached hydrogens (tertiary/aromatic N) is 2. The number of benzene rings is 1. The SMILES string of the molecule is Cc1ccc(S(=O)(=O)N/N=C2\CCCc3oc(C(=O)NCc4ccccn4)c(C)c32)cc1. The lowest BCUT2D eigenvalue weighted by Crippen LogP contribution is -2.24. The monoisotopic (exact) mass is 452 g/mol. The molecular formula is C23H24N4O4S. The van der Waals surface area contributed by atoms with Gasteiger partial charge in [0.05, 0.1) is 22.8 Å². The number of rotatable bonds is 6. The van der Waals surface area contributed by atoms with Gasteiger partial charge in [0.1, 0.15) is 5.76 Å². The molecule has 8 nitrogen and oxygen atoms in total. The van der Waals surface area contributed by atoms with Crippen molar-refractivity contribution in [2.24, 2.45) is 5.10 Å². The fraction of sp³-hybridized carbons (Fsp3) is 0.261. The number of hydrazone groups is 1. The van der Waals surface area contributed by atoms with Gasteiger partial charge in [-0.15, -0.1) is 0 Å². The third-order valence-corrected chi connectivity index (χ3v) is 6.54. The highest BCUT2D eigenvalue weighted by molar-refractivity contribution is 7.89. The lowest BCUT2D eigenvalue weighted by Gasteiger charge is -2.14. The van der Waals surface area contributed by atoms with E-state index in [2.05, 4.69) is 20.2 Å². The van der Waals surface area contributed by atoms with Crippen molar-refractivity contribution in [3.8, 4) is 0 Å². The Labute approximate surface area is 186 Å². The maximum atomic E-state index is 12.7. The maximum absolute atomic E-state index is 12.7. The molecule has 166 valence electrons. The number of furan rings is 1. The number of aryl methyl sites for hydroxylation is 2. The van der Waals surface area contributed by atoms with E-state index in [1.165, 1.54) is 12.1 Å². The van der Waals surface area contributed by atoms with E-state index in [1.54, 1.807) is 25.3 Å². The lowest BCUT2D eigenvalue weighted by molar-refractivity contribution is 0.0920. The first kappa shape index (κ1) is 21.8. The molecule has 32 heavy (non-hydrogen) atoms. The number of fused-ring (bicyclic) bond motifs is 1. The van der Waals surface area contributed by atoms with Crippen LogP contribution in [-0.2, 0) is 23.0 Å². The van der Waals surface area contributed by atoms with E-state index < -0.39 is 10.0 Å². The summed E-state index contributed by atoms with van der Waals surface area (Å²) in [4.78, 5) is 19.4. The largest absolute Gasteiger partial charge is 0.455 e. The Morgan fingerprint density at radius 3 is 2.62 bits per heavy atom. The van der Waals surface area contributed by atoms with Crippen LogP contribution in [0.25, 0.3) is 0 Å². The van der Waals surface area contributed by atoms with Crippen molar-refractivity contribution < 1.29 is 17.6 Å². The van der Waals surface area contributed by atoms with Gasteiger partial charge in [0, 0.05) is 23.7 Å². The van der Waals surface area contributed by atoms with Gasteiger partial charge < -0.3 is 9.73 Å². The van der Waals surface area contributed by atoms with Crippen LogP contribution in [0.15, 0.2) is 63.1 Å². The van der Waals surface area contributed by atoms with Crippen molar-refractivity contribution in [1.82, 2.24) is 15.1 Å². The van der Waals surface area contributed by atoms with Gasteiger partial charge in [-0.1, -0.05) is 23.8 Å². The molecule has 1 amide bonds. The standard InChI is InChI=1S/C23H24N4O4S/c1-15-9-11-18(12-10-15)32(29,30)27-26-19-7-5-8-20-21(19)16(2)22(31-20)23(28)25-14-17-6-3-4-13-24-17/h3-4,6,9-13,27H,5,7-8,14H2,1-2H3,(H,25,28)/b26-19+. The second-order valence-corrected chi connectivity index (χ2v) is 9.34. The molecule has 1 aliphatic carbocycles. The zero-order chi connectivity index (χ0) is 22.7. The average molecular weight is 453 g/mol. The van der Waals surface area contributed by atoms with Crippen molar-refractivity contribution in [2.45, 2.75) is 44.6 Å². The van der Waals surface area contributed by atoms with Crippen molar-refractivity contribution in [1.29, 1.82) is 0 Å². The fourth-order valence-corrected chi connectivity index (χ4v) is 4.47. The normalized spacial score (nSPS) is 14.8. The van der Waals surface area contributed by atoms with Gasteiger partial charge in [0.25, 0.3) is 15.9 Å². The predicted octanol–water partition coefficient (Wildman–Crippen LogP) is 3.24. The van der Waals surface area contributed by atoms with Crippen LogP contribution in [0.4, 0.5) is 0 Å². The van der Waals surface area contributed by atoms with E-state index in [0.29, 0.717) is 35.4 Å². The van der Waals surface area contributed by atoms with Crippen molar-refractivity contribution in [3.63, 3.8) is 0 Å². The molecule has 4 rings (SSSR count). The highest BCUT2D eigenvalue weighted by Crippen LogP contribution is 2.30. The molecule has 3 aromatic rings. The summed E-state index contributed by atoms with van der Waals surface area (Å²) in [6.45, 7) is 3.95. The van der Waals surface area contributed by atoms with Gasteiger partial charge in [-0.25, -0.2) is 0 Å². The molecule has 0 saturated carbocycles. The van der Waals surface area contributed by atoms with E-state index in [1.807, 2.05) is 25.1 Å². The summed E-state index contributed by atoms with van der Waals surface area (Å²) in [5.74, 6) is 0.508. The number of amides is 1. The zero-order valence-corrected chi connectivity index (χ0v) is 18.7. The Bertz CT molecular complexity index is 1260. The molecule has 0 radical (unpaired) electrons. The number of carbonyl (C=O) groups excluding carboxylic acids is 1. The number of hydrogen-bond donors (Lipinski definition) is 2. The summed E-state index contributed by atoms with van der Waals surface area (Å²) >= 11 is 0. The Kier molecular flexibility index (Phi) is 6.09. The molecule has 0 saturated heterocycles. The first-order valence-corrected chi connectivity index (χ1v) is 11.8. The predicted molar refractivity (Wildman–Crippen MR) is 120 cm³/mol. The Balaban J connectivity index is 1.55. The van der Waals surface area contributed by atoms with Gasteiger partial charge >= 0.3 is 0 Å². The first-order valence-electron chi connectivity index (χ1n) is 10.3. The van der Waals surface area contributed by atoms with E-state index in [4.69, 9.17) is 4.42 Å². The summed E-state index contributed by atoms with van der Waals surface area (Å²) in [5.41, 5.74) is 3.61. The summed E-state index contributed by atoms with van der Waals surface area (Å²) < 4.78 is 31.1. The van der Waals surface area contributed by atoms with E-state index >= 15 is 0 Å². The highest BCUT2D eigenvalue weighted by atomic mass is 32.2. The minimum absolute atomic E-state index is 0.141. The second-order valence-electron chi connectivity index (χ2n) is 7.68. The van der Waals surface area contributed by atoms with Crippen LogP contribution in [0.2, 0.25) is 0 Å². The number of hydrogen-bond acceptors (Lipinski definition) is 6. The average Bonchev–Trinajstić information content (AvgIpc) is 3.14. The second kappa shape index (κ2) is 8.96. The summed E-state index contributed by atoms with van der Waals surface area (Å²) in [6.07, 6.45) is 3.66. The van der Waals surface area contributed by atoms with Gasteiger partial charge in [-0.05, 0) is 51.0 Å². The van der Waals surface area contributed by atoms with Gasteiger partial charge in [0.2, 0.25) is 0 Å². The molecule has 0 unspecified atom stereocenters. The molecule has 0 aliphatic heterocycles. The smallest absolute Gasteiger partial charge is 0.287 e. The molecule has 2 N–H and O–H groups in total. The van der Waals surface area contributed by atoms with Crippen LogP contribution in [0.1, 0.15) is 51.5 Å². The molecule has 9 heteroatoms. The fourth-order valence-electron chi connectivity index (χ4n) is 3.64. The van der Waals surface area contributed by atoms with Crippen LogP contribution in [0.5, 0.6) is 0 Å². The molecule has 1 aromatic carbocycles. The van der Waals surface area contributed by atoms with Crippen molar-refractivity contribution >= 4 is 21.6 Å². The summed E-state index contributed by atoms with van der Waals surface area (Å²) in [6, 6.07) is 12.0. The molecule has 0 atom stereocenters. The van der Waals surface area contributed by atoms with Crippen LogP contribution in [-0.4, -0.2) is 25.0 Å². The Morgan fingerprint density at radius 2 is 1.91 bits per heavy atom. The van der Waals surface area contributed by atoms with Crippen molar-refractivity contribution in [3.05, 3.63) is 82.6 Å². The van der Waals surface area contributed by atoms with E-state index in [-0.39, 0.29) is 23.1 Å². The highest BCUT2D eigenvalue weighted by Gasteiger charge is 2.28. The molecule has 0 bridgehead atoms. The van der Waals surface area contributed by atoms with Crippen LogP contribution >= 0.6 is 0 Å². The molecule has 0 spiro atoms. The van der Waals surface area contributed by atoms with Gasteiger partial charge in [-0.2, -0.15) is 18.4 Å². The quantitative estimate of drug-likeness (QED) is 0.558. The van der Waals surface area contributed by atoms with Crippen LogP contribution < -0.4 is 10.1 Å². The Hall–Kier alpha value is -3.46. The van der Waals surface area contributed by atoms with Gasteiger partial charge in [0.15, 0.2) is 5.76 Å². The minimum Gasteiger partial charge on any atom is -0.455 e. The lowest BCUT2D eigenvalue weighted by atomic mass is 9.93.